The van der Waals surface area contributed by atoms with Gasteiger partial charge in [-0.1, -0.05) is 60.7 Å². The molecular weight excluding hydrogens is 586 g/mol. The zero-order valence-electron chi connectivity index (χ0n) is 26.8. The molecule has 0 aliphatic heterocycles. The predicted molar refractivity (Wildman–Crippen MR) is 184 cm³/mol. The van der Waals surface area contributed by atoms with Crippen LogP contribution >= 0.6 is 0 Å². The van der Waals surface area contributed by atoms with Crippen molar-refractivity contribution in [3.05, 3.63) is 131 Å². The van der Waals surface area contributed by atoms with E-state index in [1.165, 1.54) is 5.56 Å². The van der Waals surface area contributed by atoms with Crippen LogP contribution in [0, 0.1) is 0 Å². The lowest BCUT2D eigenvalue weighted by Gasteiger charge is -2.26. The van der Waals surface area contributed by atoms with E-state index in [2.05, 4.69) is 60.5 Å². The van der Waals surface area contributed by atoms with Crippen molar-refractivity contribution < 1.29 is 9.59 Å². The molecule has 47 heavy (non-hydrogen) atoms. The van der Waals surface area contributed by atoms with Crippen molar-refractivity contribution in [3.8, 4) is 0 Å². The summed E-state index contributed by atoms with van der Waals surface area (Å²) in [5.41, 5.74) is 5.05. The molecule has 0 saturated heterocycles. The first-order valence-corrected chi connectivity index (χ1v) is 16.6. The summed E-state index contributed by atoms with van der Waals surface area (Å²) >= 11 is 0. The van der Waals surface area contributed by atoms with E-state index >= 15 is 0 Å². The molecule has 1 aliphatic carbocycles. The highest BCUT2D eigenvalue weighted by molar-refractivity contribution is 5.97. The van der Waals surface area contributed by atoms with Crippen LogP contribution in [0.2, 0.25) is 0 Å². The third-order valence-electron chi connectivity index (χ3n) is 8.92. The number of carbonyl (C=O) groups is 2. The van der Waals surface area contributed by atoms with E-state index in [0.717, 1.165) is 65.6 Å². The largest absolute Gasteiger partial charge is 0.348 e. The van der Waals surface area contributed by atoms with Crippen molar-refractivity contribution in [2.24, 2.45) is 0 Å². The van der Waals surface area contributed by atoms with Crippen LogP contribution in [-0.2, 0) is 24.3 Å². The summed E-state index contributed by atoms with van der Waals surface area (Å²) in [7, 11) is 0. The number of carbonyl (C=O) groups excluding carboxylic acids is 2. The van der Waals surface area contributed by atoms with Gasteiger partial charge in [0.25, 0.3) is 5.91 Å². The van der Waals surface area contributed by atoms with Gasteiger partial charge in [-0.25, -0.2) is 4.98 Å². The highest BCUT2D eigenvalue weighted by atomic mass is 16.2. The Labute approximate surface area is 276 Å². The summed E-state index contributed by atoms with van der Waals surface area (Å²) in [5, 5.41) is 15.5. The summed E-state index contributed by atoms with van der Waals surface area (Å²) in [6, 6.07) is 25.2. The van der Waals surface area contributed by atoms with Crippen LogP contribution in [-0.4, -0.2) is 39.4 Å². The van der Waals surface area contributed by atoms with Crippen LogP contribution in [0.25, 0.3) is 10.8 Å². The number of nitrogens with zero attached hydrogens (tertiary/aromatic N) is 2. The van der Waals surface area contributed by atoms with E-state index in [1.54, 1.807) is 12.4 Å². The number of hydrogen-bond donors (Lipinski definition) is 5. The molecule has 9 heteroatoms. The monoisotopic (exact) mass is 629 g/mol. The first-order valence-electron chi connectivity index (χ1n) is 16.6. The van der Waals surface area contributed by atoms with Gasteiger partial charge in [-0.2, -0.15) is 0 Å². The molecular formula is C38H43N7O2. The first-order chi connectivity index (χ1) is 23.0. The Morgan fingerprint density at radius 2 is 1.77 bits per heavy atom. The van der Waals surface area contributed by atoms with Crippen molar-refractivity contribution in [1.29, 1.82) is 0 Å². The van der Waals surface area contributed by atoms with Crippen LogP contribution < -0.4 is 21.3 Å². The van der Waals surface area contributed by atoms with Gasteiger partial charge in [-0.3, -0.25) is 14.6 Å². The Morgan fingerprint density at radius 1 is 0.915 bits per heavy atom. The Hall–Kier alpha value is -4.86. The molecule has 0 spiro atoms. The van der Waals surface area contributed by atoms with Gasteiger partial charge in [0.05, 0.1) is 18.3 Å². The smallest absolute Gasteiger partial charge is 0.251 e. The number of amides is 2. The van der Waals surface area contributed by atoms with Crippen molar-refractivity contribution >= 4 is 22.6 Å². The molecule has 0 bridgehead atoms. The lowest BCUT2D eigenvalue weighted by atomic mass is 9.92. The van der Waals surface area contributed by atoms with Gasteiger partial charge < -0.3 is 26.3 Å². The number of aromatic amines is 1. The standard InChI is InChI=1S/C38H43N7O2/c1-26(31-13-4-9-28-8-2-3-12-32(28)31)44-38(47)34(15-7-20-40-33-14-5-10-29-11-6-21-43-36(29)33)45-37(46)30-18-16-27(17-19-30)24-39-25-35-41-22-23-42-35/h2-4,6,8-9,11-13,16-19,21-23,26,33-34,39-40H,5,7,10,14-15,20,24-25H2,1H3,(H,41,42)(H,44,47)(H,45,46)/t26-,33?,34-/m0/s1. The summed E-state index contributed by atoms with van der Waals surface area (Å²) in [5.74, 6) is 0.411. The molecule has 0 fully saturated rings. The van der Waals surface area contributed by atoms with Gasteiger partial charge in [0.15, 0.2) is 0 Å². The van der Waals surface area contributed by atoms with E-state index < -0.39 is 6.04 Å². The normalized spacial score (nSPS) is 15.5. The van der Waals surface area contributed by atoms with E-state index in [4.69, 9.17) is 0 Å². The van der Waals surface area contributed by atoms with E-state index in [-0.39, 0.29) is 23.9 Å². The fourth-order valence-electron chi connectivity index (χ4n) is 6.41. The number of aryl methyl sites for hydroxylation is 1. The van der Waals surface area contributed by atoms with E-state index in [9.17, 15) is 9.59 Å². The third-order valence-corrected chi connectivity index (χ3v) is 8.92. The lowest BCUT2D eigenvalue weighted by Crippen LogP contribution is -2.47. The Bertz CT molecular complexity index is 1770. The maximum atomic E-state index is 13.8. The number of pyridine rings is 1. The van der Waals surface area contributed by atoms with Crippen molar-refractivity contribution in [2.45, 2.75) is 70.2 Å². The molecule has 5 N–H and O–H groups in total. The van der Waals surface area contributed by atoms with Gasteiger partial charge in [0.2, 0.25) is 5.91 Å². The minimum absolute atomic E-state index is 0.192. The molecule has 9 nitrogen and oxygen atoms in total. The molecule has 3 atom stereocenters. The van der Waals surface area contributed by atoms with Crippen molar-refractivity contribution in [2.75, 3.05) is 6.54 Å². The van der Waals surface area contributed by atoms with Crippen LogP contribution in [0.15, 0.2) is 97.5 Å². The minimum atomic E-state index is -0.687. The highest BCUT2D eigenvalue weighted by Gasteiger charge is 2.25. The quantitative estimate of drug-likeness (QED) is 0.101. The fraction of sp³-hybridized carbons (Fsp3) is 0.316. The van der Waals surface area contributed by atoms with E-state index in [0.29, 0.717) is 25.1 Å². The number of fused-ring (bicyclic) bond motifs is 2. The first kappa shape index (κ1) is 32.1. The van der Waals surface area contributed by atoms with Gasteiger partial charge in [0.1, 0.15) is 11.9 Å². The maximum Gasteiger partial charge on any atom is 0.251 e. The fourth-order valence-corrected chi connectivity index (χ4v) is 6.41. The van der Waals surface area contributed by atoms with E-state index in [1.807, 2.05) is 67.7 Å². The zero-order valence-corrected chi connectivity index (χ0v) is 26.8. The summed E-state index contributed by atoms with van der Waals surface area (Å²) in [6.45, 7) is 3.99. The minimum Gasteiger partial charge on any atom is -0.348 e. The van der Waals surface area contributed by atoms with Crippen LogP contribution in [0.4, 0.5) is 0 Å². The van der Waals surface area contributed by atoms with Crippen LogP contribution in [0.1, 0.15) is 83.3 Å². The Kier molecular flexibility index (Phi) is 10.7. The molecule has 5 aromatic rings. The van der Waals surface area contributed by atoms with Crippen LogP contribution in [0.5, 0.6) is 0 Å². The average molecular weight is 630 g/mol. The molecule has 242 valence electrons. The topological polar surface area (TPSA) is 124 Å². The summed E-state index contributed by atoms with van der Waals surface area (Å²) < 4.78 is 0. The number of benzene rings is 3. The molecule has 2 aromatic heterocycles. The number of H-pyrrole nitrogens is 1. The molecule has 2 heterocycles. The number of aromatic nitrogens is 3. The zero-order chi connectivity index (χ0) is 32.4. The molecule has 0 radical (unpaired) electrons. The summed E-state index contributed by atoms with van der Waals surface area (Å²) in [6.07, 6.45) is 9.84. The second-order valence-corrected chi connectivity index (χ2v) is 12.2. The summed E-state index contributed by atoms with van der Waals surface area (Å²) in [4.78, 5) is 39.2. The predicted octanol–water partition coefficient (Wildman–Crippen LogP) is 5.67. The molecule has 3 aromatic carbocycles. The second kappa shape index (κ2) is 15.6. The van der Waals surface area contributed by atoms with Gasteiger partial charge in [-0.05, 0) is 91.2 Å². The molecule has 2 amide bonds. The Balaban J connectivity index is 1.09. The average Bonchev–Trinajstić information content (AvgIpc) is 3.63. The second-order valence-electron chi connectivity index (χ2n) is 12.2. The molecule has 1 aliphatic rings. The third kappa shape index (κ3) is 8.30. The van der Waals surface area contributed by atoms with Gasteiger partial charge in [0, 0.05) is 36.7 Å². The van der Waals surface area contributed by atoms with Crippen molar-refractivity contribution in [1.82, 2.24) is 36.2 Å². The van der Waals surface area contributed by atoms with Gasteiger partial charge >= 0.3 is 0 Å². The van der Waals surface area contributed by atoms with Crippen molar-refractivity contribution in [3.63, 3.8) is 0 Å². The number of hydrogen-bond acceptors (Lipinski definition) is 6. The van der Waals surface area contributed by atoms with Gasteiger partial charge in [-0.15, -0.1) is 0 Å². The number of rotatable bonds is 14. The number of imidazole rings is 1. The lowest BCUT2D eigenvalue weighted by molar-refractivity contribution is -0.123. The Morgan fingerprint density at radius 3 is 2.62 bits per heavy atom. The molecule has 6 rings (SSSR count). The number of nitrogens with one attached hydrogen (secondary N) is 5. The van der Waals surface area contributed by atoms with Crippen LogP contribution in [0.3, 0.4) is 0 Å². The molecule has 0 saturated carbocycles. The molecule has 1 unspecified atom stereocenters. The SMILES string of the molecule is C[C@H](NC(=O)[C@H](CCCNC1CCCc2cccnc21)NC(=O)c1ccc(CNCc2ncc[nH]2)cc1)c1cccc2ccccc12. The maximum absolute atomic E-state index is 13.8. The highest BCUT2D eigenvalue weighted by Crippen LogP contribution is 2.28.